The Kier molecular flexibility index (Phi) is 4.91. The highest BCUT2D eigenvalue weighted by Crippen LogP contribution is 2.43. The smallest absolute Gasteiger partial charge is 0.141 e. The molecule has 0 fully saturated rings. The van der Waals surface area contributed by atoms with Crippen LogP contribution in [0.4, 0.5) is 0 Å². The Balaban J connectivity index is 2.49. The van der Waals surface area contributed by atoms with Gasteiger partial charge in [0.05, 0.1) is 32.2 Å². The maximum absolute atomic E-state index is 6.36. The van der Waals surface area contributed by atoms with Crippen molar-refractivity contribution in [3.8, 4) is 17.2 Å². The van der Waals surface area contributed by atoms with Crippen molar-refractivity contribution in [1.29, 1.82) is 0 Å². The molecule has 2 N–H and O–H groups in total. The average Bonchev–Trinajstić information content (AvgIpc) is 2.94. The lowest BCUT2D eigenvalue weighted by Crippen LogP contribution is -2.13. The number of ether oxygens (including phenoxy) is 3. The predicted octanol–water partition coefficient (Wildman–Crippen LogP) is 3.58. The molecule has 1 heterocycles. The van der Waals surface area contributed by atoms with Crippen molar-refractivity contribution >= 4 is 27.3 Å². The molecule has 1 unspecified atom stereocenters. The van der Waals surface area contributed by atoms with Crippen LogP contribution in [0.2, 0.25) is 0 Å². The van der Waals surface area contributed by atoms with Crippen molar-refractivity contribution in [2.45, 2.75) is 6.04 Å². The summed E-state index contributed by atoms with van der Waals surface area (Å²) in [6.07, 6.45) is 0. The number of halogens is 1. The molecule has 0 saturated carbocycles. The molecule has 1 aromatic carbocycles. The van der Waals surface area contributed by atoms with E-state index < -0.39 is 0 Å². The fourth-order valence-corrected chi connectivity index (χ4v) is 3.57. The first-order valence-electron chi connectivity index (χ1n) is 5.91. The molecule has 6 heteroatoms. The zero-order valence-corrected chi connectivity index (χ0v) is 13.9. The van der Waals surface area contributed by atoms with Gasteiger partial charge in [-0.05, 0) is 39.5 Å². The third kappa shape index (κ3) is 2.63. The van der Waals surface area contributed by atoms with Crippen molar-refractivity contribution in [2.24, 2.45) is 5.73 Å². The first-order valence-corrected chi connectivity index (χ1v) is 7.58. The van der Waals surface area contributed by atoms with E-state index in [1.807, 2.05) is 23.6 Å². The molecule has 0 amide bonds. The molecule has 0 aliphatic rings. The number of methoxy groups -OCH3 is 3. The second-order valence-corrected chi connectivity index (χ2v) is 5.78. The molecule has 2 aromatic rings. The van der Waals surface area contributed by atoms with E-state index in [-0.39, 0.29) is 6.04 Å². The average molecular weight is 358 g/mol. The lowest BCUT2D eigenvalue weighted by atomic mass is 10.0. The number of hydrogen-bond acceptors (Lipinski definition) is 5. The minimum Gasteiger partial charge on any atom is -0.496 e. The highest BCUT2D eigenvalue weighted by molar-refractivity contribution is 9.10. The van der Waals surface area contributed by atoms with Crippen LogP contribution in [0.3, 0.4) is 0 Å². The zero-order chi connectivity index (χ0) is 14.7. The summed E-state index contributed by atoms with van der Waals surface area (Å²) in [6.45, 7) is 0. The largest absolute Gasteiger partial charge is 0.496 e. The van der Waals surface area contributed by atoms with E-state index in [0.29, 0.717) is 11.5 Å². The van der Waals surface area contributed by atoms with Crippen molar-refractivity contribution in [3.63, 3.8) is 0 Å². The number of rotatable bonds is 5. The summed E-state index contributed by atoms with van der Waals surface area (Å²) in [6, 6.07) is 5.36. The predicted molar refractivity (Wildman–Crippen MR) is 84.1 cm³/mol. The van der Waals surface area contributed by atoms with Gasteiger partial charge in [0.15, 0.2) is 0 Å². The molecule has 0 saturated heterocycles. The molecule has 0 aliphatic heterocycles. The van der Waals surface area contributed by atoms with Crippen molar-refractivity contribution in [1.82, 2.24) is 0 Å². The van der Waals surface area contributed by atoms with Gasteiger partial charge >= 0.3 is 0 Å². The maximum Gasteiger partial charge on any atom is 0.141 e. The molecule has 108 valence electrons. The van der Waals surface area contributed by atoms with E-state index in [2.05, 4.69) is 15.9 Å². The number of thiophene rings is 1. The summed E-state index contributed by atoms with van der Waals surface area (Å²) < 4.78 is 16.8. The second-order valence-electron chi connectivity index (χ2n) is 4.04. The van der Waals surface area contributed by atoms with Crippen molar-refractivity contribution in [2.75, 3.05) is 21.3 Å². The Morgan fingerprint density at radius 2 is 1.75 bits per heavy atom. The fraction of sp³-hybridized carbons (Fsp3) is 0.286. The molecule has 0 spiro atoms. The molecule has 20 heavy (non-hydrogen) atoms. The summed E-state index contributed by atoms with van der Waals surface area (Å²) in [5.74, 6) is 2.17. The highest BCUT2D eigenvalue weighted by Gasteiger charge is 2.22. The fourth-order valence-electron chi connectivity index (χ4n) is 2.01. The van der Waals surface area contributed by atoms with E-state index >= 15 is 0 Å². The normalized spacial score (nSPS) is 12.1. The standard InChI is InChI=1S/C14H16BrNO3S/c1-17-9-5-4-8(13(19-3)11(9)15)12(16)14-10(18-2)6-7-20-14/h4-7,12H,16H2,1-3H3. The maximum atomic E-state index is 6.36. The SMILES string of the molecule is COc1ccsc1C(N)c1ccc(OC)c(Br)c1OC. The molecular formula is C14H16BrNO3S. The van der Waals surface area contributed by atoms with Gasteiger partial charge in [0.2, 0.25) is 0 Å². The van der Waals surface area contributed by atoms with Crippen LogP contribution < -0.4 is 19.9 Å². The molecule has 0 bridgehead atoms. The first-order chi connectivity index (χ1) is 9.63. The van der Waals surface area contributed by atoms with Crippen LogP contribution in [0.25, 0.3) is 0 Å². The van der Waals surface area contributed by atoms with Gasteiger partial charge < -0.3 is 19.9 Å². The minimum absolute atomic E-state index is 0.317. The highest BCUT2D eigenvalue weighted by atomic mass is 79.9. The monoisotopic (exact) mass is 357 g/mol. The van der Waals surface area contributed by atoms with E-state index in [0.717, 1.165) is 20.7 Å². The summed E-state index contributed by atoms with van der Waals surface area (Å²) >= 11 is 5.05. The third-order valence-electron chi connectivity index (χ3n) is 3.01. The molecule has 1 aromatic heterocycles. The number of hydrogen-bond donors (Lipinski definition) is 1. The van der Waals surface area contributed by atoms with Gasteiger partial charge in [0.25, 0.3) is 0 Å². The minimum atomic E-state index is -0.317. The Hall–Kier alpha value is -1.24. The first kappa shape index (κ1) is 15.2. The van der Waals surface area contributed by atoms with Gasteiger partial charge in [-0.25, -0.2) is 0 Å². The molecule has 0 aliphatic carbocycles. The van der Waals surface area contributed by atoms with Gasteiger partial charge in [-0.15, -0.1) is 11.3 Å². The molecular weight excluding hydrogens is 342 g/mol. The molecule has 2 rings (SSSR count). The van der Waals surface area contributed by atoms with Crippen molar-refractivity contribution in [3.05, 3.63) is 38.5 Å². The van der Waals surface area contributed by atoms with Gasteiger partial charge in [-0.1, -0.05) is 0 Å². The summed E-state index contributed by atoms with van der Waals surface area (Å²) in [5, 5.41) is 1.96. The summed E-state index contributed by atoms with van der Waals surface area (Å²) in [4.78, 5) is 0.961. The van der Waals surface area contributed by atoms with E-state index in [9.17, 15) is 0 Å². The number of benzene rings is 1. The van der Waals surface area contributed by atoms with Crippen LogP contribution in [0, 0.1) is 0 Å². The molecule has 1 atom stereocenters. The van der Waals surface area contributed by atoms with Crippen LogP contribution >= 0.6 is 27.3 Å². The van der Waals surface area contributed by atoms with Crippen LogP contribution in [0.1, 0.15) is 16.5 Å². The van der Waals surface area contributed by atoms with Crippen LogP contribution in [0.15, 0.2) is 28.1 Å². The molecule has 4 nitrogen and oxygen atoms in total. The van der Waals surface area contributed by atoms with Gasteiger partial charge in [-0.2, -0.15) is 0 Å². The molecule has 0 radical (unpaired) electrons. The van der Waals surface area contributed by atoms with Crippen molar-refractivity contribution < 1.29 is 14.2 Å². The third-order valence-corrected chi connectivity index (χ3v) is 4.74. The summed E-state index contributed by atoms with van der Waals surface area (Å²) in [5.41, 5.74) is 7.24. The van der Waals surface area contributed by atoms with E-state index in [1.165, 1.54) is 0 Å². The number of nitrogens with two attached hydrogens (primary N) is 1. The second kappa shape index (κ2) is 6.47. The van der Waals surface area contributed by atoms with Gasteiger partial charge in [0.1, 0.15) is 21.7 Å². The van der Waals surface area contributed by atoms with Gasteiger partial charge in [-0.3, -0.25) is 0 Å². The van der Waals surface area contributed by atoms with Crippen LogP contribution in [-0.2, 0) is 0 Å². The Morgan fingerprint density at radius 3 is 2.35 bits per heavy atom. The topological polar surface area (TPSA) is 53.7 Å². The Morgan fingerprint density at radius 1 is 1.05 bits per heavy atom. The Labute approximate surface area is 130 Å². The van der Waals surface area contributed by atoms with Crippen LogP contribution in [-0.4, -0.2) is 21.3 Å². The summed E-state index contributed by atoms with van der Waals surface area (Å²) in [7, 11) is 4.86. The lowest BCUT2D eigenvalue weighted by Gasteiger charge is -2.18. The lowest BCUT2D eigenvalue weighted by molar-refractivity contribution is 0.384. The Bertz CT molecular complexity index is 600. The van der Waals surface area contributed by atoms with E-state index in [1.54, 1.807) is 32.7 Å². The van der Waals surface area contributed by atoms with Crippen LogP contribution in [0.5, 0.6) is 17.2 Å². The van der Waals surface area contributed by atoms with E-state index in [4.69, 9.17) is 19.9 Å². The quantitative estimate of drug-likeness (QED) is 0.888. The van der Waals surface area contributed by atoms with Gasteiger partial charge in [0, 0.05) is 5.56 Å². The zero-order valence-electron chi connectivity index (χ0n) is 11.5.